The number of carbonyl (C=O) groups excluding carboxylic acids is 2. The zero-order valence-corrected chi connectivity index (χ0v) is 22.6. The van der Waals surface area contributed by atoms with E-state index < -0.39 is 22.5 Å². The Bertz CT molecular complexity index is 892. The molecular formula is C21H31Cl4N3O6. The summed E-state index contributed by atoms with van der Waals surface area (Å²) in [5.74, 6) is 0.151. The van der Waals surface area contributed by atoms with Crippen LogP contribution in [0.5, 0.6) is 5.75 Å². The number of rotatable bonds is 6. The molecule has 0 saturated carbocycles. The Morgan fingerprint density at radius 3 is 2.32 bits per heavy atom. The molecule has 1 aromatic rings. The van der Waals surface area contributed by atoms with Crippen LogP contribution in [0, 0.1) is 5.41 Å². The third-order valence-corrected chi connectivity index (χ3v) is 5.74. The van der Waals surface area contributed by atoms with Crippen molar-refractivity contribution in [3.63, 3.8) is 0 Å². The van der Waals surface area contributed by atoms with Crippen molar-refractivity contribution < 1.29 is 23.5 Å². The summed E-state index contributed by atoms with van der Waals surface area (Å²) in [6.45, 7) is 6.06. The number of hydrogen-bond acceptors (Lipinski definition) is 7. The highest BCUT2D eigenvalue weighted by Crippen LogP contribution is 2.28. The van der Waals surface area contributed by atoms with Gasteiger partial charge in [-0.15, -0.1) is 12.4 Å². The van der Waals surface area contributed by atoms with E-state index >= 15 is 0 Å². The maximum atomic E-state index is 12.8. The highest BCUT2D eigenvalue weighted by atomic mass is 35.6. The smallest absolute Gasteiger partial charge is 0.410 e. The first kappa shape index (κ1) is 30.6. The van der Waals surface area contributed by atoms with Gasteiger partial charge in [0, 0.05) is 25.2 Å². The molecule has 1 atom stereocenters. The lowest BCUT2D eigenvalue weighted by molar-refractivity contribution is -0.136. The number of carbonyl (C=O) groups is 2. The number of alkyl halides is 3. The summed E-state index contributed by atoms with van der Waals surface area (Å²) < 4.78 is 13.8. The Balaban J connectivity index is 0.00000578. The molecule has 13 heteroatoms. The molecule has 1 aromatic heterocycles. The summed E-state index contributed by atoms with van der Waals surface area (Å²) in [7, 11) is 1.35. The van der Waals surface area contributed by atoms with Crippen molar-refractivity contribution >= 4 is 59.2 Å². The SMILES string of the molecule is COc1coc(CN(C(=O)OCC(Cl)(Cl)Cl)C2CCN(C(=O)C(N)C(C)(C)C)CC2)cc1=O.Cl. The van der Waals surface area contributed by atoms with Crippen LogP contribution in [0.2, 0.25) is 0 Å². The van der Waals surface area contributed by atoms with Gasteiger partial charge in [0.15, 0.2) is 0 Å². The van der Waals surface area contributed by atoms with Crippen molar-refractivity contribution in [1.82, 2.24) is 9.80 Å². The number of halogens is 4. The van der Waals surface area contributed by atoms with Gasteiger partial charge in [-0.2, -0.15) is 0 Å². The number of hydrogen-bond donors (Lipinski definition) is 1. The predicted molar refractivity (Wildman–Crippen MR) is 133 cm³/mol. The fourth-order valence-electron chi connectivity index (χ4n) is 3.37. The molecule has 0 bridgehead atoms. The molecule has 0 spiro atoms. The van der Waals surface area contributed by atoms with Gasteiger partial charge in [-0.05, 0) is 18.3 Å². The largest absolute Gasteiger partial charge is 0.490 e. The highest BCUT2D eigenvalue weighted by Gasteiger charge is 2.36. The van der Waals surface area contributed by atoms with Crippen molar-refractivity contribution in [2.75, 3.05) is 26.8 Å². The van der Waals surface area contributed by atoms with E-state index in [-0.39, 0.29) is 53.3 Å². The average Bonchev–Trinajstić information content (AvgIpc) is 2.74. The van der Waals surface area contributed by atoms with E-state index in [1.807, 2.05) is 20.8 Å². The van der Waals surface area contributed by atoms with Crippen LogP contribution in [0.15, 0.2) is 21.5 Å². The molecule has 1 unspecified atom stereocenters. The minimum atomic E-state index is -1.77. The summed E-state index contributed by atoms with van der Waals surface area (Å²) in [5.41, 5.74) is 5.37. The molecule has 9 nitrogen and oxygen atoms in total. The van der Waals surface area contributed by atoms with Gasteiger partial charge in [0.25, 0.3) is 0 Å². The third-order valence-electron chi connectivity index (χ3n) is 5.41. The molecule has 0 aliphatic carbocycles. The molecule has 1 aliphatic heterocycles. The van der Waals surface area contributed by atoms with Gasteiger partial charge < -0.3 is 24.5 Å². The number of likely N-dealkylation sites (tertiary alicyclic amines) is 1. The van der Waals surface area contributed by atoms with Crippen LogP contribution in [0.25, 0.3) is 0 Å². The second-order valence-corrected chi connectivity index (χ2v) is 11.5. The summed E-state index contributed by atoms with van der Waals surface area (Å²) in [4.78, 5) is 40.8. The maximum absolute atomic E-state index is 12.8. The van der Waals surface area contributed by atoms with Gasteiger partial charge >= 0.3 is 6.09 Å². The second-order valence-electron chi connectivity index (χ2n) is 8.98. The molecule has 0 aromatic carbocycles. The number of amides is 2. The zero-order chi connectivity index (χ0) is 25.0. The van der Waals surface area contributed by atoms with E-state index in [2.05, 4.69) is 0 Å². The van der Waals surface area contributed by atoms with E-state index in [1.54, 1.807) is 4.90 Å². The molecule has 1 saturated heterocycles. The van der Waals surface area contributed by atoms with Crippen LogP contribution in [0.4, 0.5) is 4.79 Å². The van der Waals surface area contributed by atoms with Crippen molar-refractivity contribution in [3.05, 3.63) is 28.3 Å². The summed E-state index contributed by atoms with van der Waals surface area (Å²) in [6.07, 6.45) is 1.41. The molecule has 2 amide bonds. The van der Waals surface area contributed by atoms with Gasteiger partial charge in [-0.1, -0.05) is 55.6 Å². The standard InChI is InChI=1S/C21H30Cl3N3O6.ClH/c1-20(2,3)17(25)18(29)26-7-5-13(6-8-26)27(19(30)33-12-21(22,23)24)10-14-9-15(28)16(31-4)11-32-14;/h9,11,13,17H,5-8,10,12,25H2,1-4H3;1H. The molecule has 34 heavy (non-hydrogen) atoms. The fraction of sp³-hybridized carbons (Fsp3) is 0.667. The number of methoxy groups -OCH3 is 1. The van der Waals surface area contributed by atoms with Crippen LogP contribution < -0.4 is 15.9 Å². The monoisotopic (exact) mass is 561 g/mol. The normalized spacial score (nSPS) is 15.8. The average molecular weight is 563 g/mol. The van der Waals surface area contributed by atoms with Gasteiger partial charge in [0.05, 0.1) is 19.7 Å². The molecule has 1 fully saturated rings. The van der Waals surface area contributed by atoms with Crippen molar-refractivity contribution in [2.24, 2.45) is 11.1 Å². The molecule has 2 heterocycles. The quantitative estimate of drug-likeness (QED) is 0.525. The van der Waals surface area contributed by atoms with Gasteiger partial charge in [0.2, 0.25) is 20.9 Å². The van der Waals surface area contributed by atoms with E-state index in [4.69, 9.17) is 54.4 Å². The summed E-state index contributed by atoms with van der Waals surface area (Å²) in [6, 6.07) is 0.317. The van der Waals surface area contributed by atoms with E-state index in [0.717, 1.165) is 0 Å². The van der Waals surface area contributed by atoms with Gasteiger partial charge in [0.1, 0.15) is 18.6 Å². The Morgan fingerprint density at radius 1 is 1.26 bits per heavy atom. The minimum Gasteiger partial charge on any atom is -0.490 e. The first-order valence-corrected chi connectivity index (χ1v) is 11.6. The molecule has 2 N–H and O–H groups in total. The third kappa shape index (κ3) is 8.68. The maximum Gasteiger partial charge on any atom is 0.410 e. The summed E-state index contributed by atoms with van der Waals surface area (Å²) >= 11 is 17.1. The van der Waals surface area contributed by atoms with Crippen LogP contribution in [0.1, 0.15) is 39.4 Å². The Hall–Kier alpha value is -1.39. The molecule has 194 valence electrons. The Morgan fingerprint density at radius 2 is 1.85 bits per heavy atom. The number of nitrogens with two attached hydrogens (primary N) is 1. The highest BCUT2D eigenvalue weighted by molar-refractivity contribution is 6.67. The Kier molecular flexibility index (Phi) is 11.3. The van der Waals surface area contributed by atoms with E-state index in [1.165, 1.54) is 24.3 Å². The summed E-state index contributed by atoms with van der Waals surface area (Å²) in [5, 5.41) is 0. The topological polar surface area (TPSA) is 115 Å². The fourth-order valence-corrected chi connectivity index (χ4v) is 3.54. The van der Waals surface area contributed by atoms with Gasteiger partial charge in [-0.25, -0.2) is 4.79 Å². The first-order valence-electron chi connectivity index (χ1n) is 10.4. The zero-order valence-electron chi connectivity index (χ0n) is 19.5. The second kappa shape index (κ2) is 12.5. The van der Waals surface area contributed by atoms with Crippen LogP contribution in [-0.2, 0) is 16.1 Å². The van der Waals surface area contributed by atoms with Crippen molar-refractivity contribution in [2.45, 2.75) is 56.0 Å². The van der Waals surface area contributed by atoms with Gasteiger partial charge in [-0.3, -0.25) is 14.5 Å². The lowest BCUT2D eigenvalue weighted by atomic mass is 9.86. The molecule has 2 rings (SSSR count). The van der Waals surface area contributed by atoms with Crippen LogP contribution in [-0.4, -0.2) is 64.5 Å². The van der Waals surface area contributed by atoms with E-state index in [9.17, 15) is 14.4 Å². The molecule has 1 aliphatic rings. The minimum absolute atomic E-state index is 0. The van der Waals surface area contributed by atoms with Crippen LogP contribution >= 0.6 is 47.2 Å². The molecule has 0 radical (unpaired) electrons. The number of nitrogens with zero attached hydrogens (tertiary/aromatic N) is 2. The Labute approximate surface area is 220 Å². The lowest BCUT2D eigenvalue weighted by Gasteiger charge is -2.40. The first-order chi connectivity index (χ1) is 15.2. The lowest BCUT2D eigenvalue weighted by Crippen LogP contribution is -2.55. The number of ether oxygens (including phenoxy) is 2. The van der Waals surface area contributed by atoms with Crippen molar-refractivity contribution in [3.8, 4) is 5.75 Å². The van der Waals surface area contributed by atoms with E-state index in [0.29, 0.717) is 25.9 Å². The predicted octanol–water partition coefficient (Wildman–Crippen LogP) is 3.74. The van der Waals surface area contributed by atoms with Crippen molar-refractivity contribution in [1.29, 1.82) is 0 Å². The van der Waals surface area contributed by atoms with Crippen LogP contribution in [0.3, 0.4) is 0 Å². The number of piperidine rings is 1. The molecular weight excluding hydrogens is 532 g/mol.